The zero-order chi connectivity index (χ0) is 24.8. The number of nitrogens with one attached hydrogen (secondary N) is 1. The predicted molar refractivity (Wildman–Crippen MR) is 139 cm³/mol. The van der Waals surface area contributed by atoms with Crippen LogP contribution < -0.4 is 10.2 Å². The van der Waals surface area contributed by atoms with Crippen molar-refractivity contribution in [2.24, 2.45) is 0 Å². The Hall–Kier alpha value is -2.94. The summed E-state index contributed by atoms with van der Waals surface area (Å²) in [5, 5.41) is 3.47. The maximum atomic E-state index is 13.0. The largest absolute Gasteiger partial charge is 0.355 e. The molecule has 1 aromatic heterocycles. The standard InChI is InChI=1S/C26H29ClN4O3S/c1-2-24(20-7-4-3-5-8-20)26(32)29-22-11-14-25(28-19-22)30-15-6-16-31(18-17-30)35(33,34)23-12-9-21(27)10-13-23/h3-5,7-14,19,24H,2,6,15-18H2,1H3,(H,29,32). The quantitative estimate of drug-likeness (QED) is 0.493. The fourth-order valence-corrected chi connectivity index (χ4v) is 5.85. The number of carbonyl (C=O) groups is 1. The van der Waals surface area contributed by atoms with E-state index >= 15 is 0 Å². The van der Waals surface area contributed by atoms with E-state index in [4.69, 9.17) is 11.6 Å². The molecule has 7 nitrogen and oxygen atoms in total. The van der Waals surface area contributed by atoms with Gasteiger partial charge in [0, 0.05) is 31.2 Å². The molecule has 0 saturated carbocycles. The SMILES string of the molecule is CCC(C(=O)Nc1ccc(N2CCCN(S(=O)(=O)c3ccc(Cl)cc3)CC2)nc1)c1ccccc1. The number of hydrogen-bond donors (Lipinski definition) is 1. The number of pyridine rings is 1. The van der Waals surface area contributed by atoms with Crippen LogP contribution in [-0.4, -0.2) is 49.8 Å². The number of rotatable bonds is 7. The molecule has 1 amide bonds. The lowest BCUT2D eigenvalue weighted by atomic mass is 9.95. The molecule has 0 aliphatic carbocycles. The predicted octanol–water partition coefficient (Wildman–Crippen LogP) is 4.77. The molecule has 1 fully saturated rings. The maximum absolute atomic E-state index is 13.0. The van der Waals surface area contributed by atoms with E-state index in [1.54, 1.807) is 18.3 Å². The minimum atomic E-state index is -3.58. The number of hydrogen-bond acceptors (Lipinski definition) is 5. The molecule has 3 aromatic rings. The first kappa shape index (κ1) is 25.2. The average Bonchev–Trinajstić information content (AvgIpc) is 3.13. The summed E-state index contributed by atoms with van der Waals surface area (Å²) < 4.78 is 27.6. The fraction of sp³-hybridized carbons (Fsp3) is 0.308. The molecular weight excluding hydrogens is 484 g/mol. The lowest BCUT2D eigenvalue weighted by Crippen LogP contribution is -2.35. The maximum Gasteiger partial charge on any atom is 0.243 e. The van der Waals surface area contributed by atoms with Gasteiger partial charge in [-0.25, -0.2) is 13.4 Å². The third kappa shape index (κ3) is 6.01. The smallest absolute Gasteiger partial charge is 0.243 e. The first-order chi connectivity index (χ1) is 16.9. The Bertz CT molecular complexity index is 1240. The van der Waals surface area contributed by atoms with Crippen molar-refractivity contribution in [2.45, 2.75) is 30.6 Å². The summed E-state index contributed by atoms with van der Waals surface area (Å²) in [6.45, 7) is 4.01. The molecule has 2 heterocycles. The molecule has 4 rings (SSSR count). The van der Waals surface area contributed by atoms with Crippen molar-refractivity contribution in [3.05, 3.63) is 83.5 Å². The van der Waals surface area contributed by atoms with Gasteiger partial charge in [0.25, 0.3) is 0 Å². The Balaban J connectivity index is 1.39. The molecule has 0 radical (unpaired) electrons. The molecule has 1 N–H and O–H groups in total. The first-order valence-corrected chi connectivity index (χ1v) is 13.5. The highest BCUT2D eigenvalue weighted by Gasteiger charge is 2.27. The Kier molecular flexibility index (Phi) is 8.05. The summed E-state index contributed by atoms with van der Waals surface area (Å²) in [6.07, 6.45) is 3.03. The van der Waals surface area contributed by atoms with E-state index in [2.05, 4.69) is 15.2 Å². The number of sulfonamides is 1. The number of nitrogens with zero attached hydrogens (tertiary/aromatic N) is 3. The highest BCUT2D eigenvalue weighted by molar-refractivity contribution is 7.89. The summed E-state index contributed by atoms with van der Waals surface area (Å²) in [4.78, 5) is 19.7. The number of amides is 1. The van der Waals surface area contributed by atoms with E-state index in [-0.39, 0.29) is 16.7 Å². The average molecular weight is 513 g/mol. The van der Waals surface area contributed by atoms with Gasteiger partial charge in [0.05, 0.1) is 22.7 Å². The molecule has 1 aliphatic heterocycles. The van der Waals surface area contributed by atoms with Crippen LogP contribution in [0.25, 0.3) is 0 Å². The van der Waals surface area contributed by atoms with Crippen molar-refractivity contribution in [2.75, 3.05) is 36.4 Å². The van der Waals surface area contributed by atoms with E-state index in [1.165, 1.54) is 16.4 Å². The first-order valence-electron chi connectivity index (χ1n) is 11.7. The lowest BCUT2D eigenvalue weighted by molar-refractivity contribution is -0.117. The molecule has 0 bridgehead atoms. The molecule has 1 aliphatic rings. The van der Waals surface area contributed by atoms with Crippen LogP contribution in [0.1, 0.15) is 31.2 Å². The molecule has 1 unspecified atom stereocenters. The van der Waals surface area contributed by atoms with Gasteiger partial charge in [0.1, 0.15) is 5.82 Å². The molecule has 1 saturated heterocycles. The minimum absolute atomic E-state index is 0.0638. The van der Waals surface area contributed by atoms with Crippen LogP contribution in [0.4, 0.5) is 11.5 Å². The van der Waals surface area contributed by atoms with E-state index < -0.39 is 10.0 Å². The van der Waals surface area contributed by atoms with Gasteiger partial charge in [0.15, 0.2) is 0 Å². The summed E-state index contributed by atoms with van der Waals surface area (Å²) in [5.41, 5.74) is 1.62. The summed E-state index contributed by atoms with van der Waals surface area (Å²) >= 11 is 5.91. The van der Waals surface area contributed by atoms with Gasteiger partial charge in [-0.3, -0.25) is 4.79 Å². The van der Waals surface area contributed by atoms with Gasteiger partial charge < -0.3 is 10.2 Å². The van der Waals surface area contributed by atoms with E-state index in [9.17, 15) is 13.2 Å². The van der Waals surface area contributed by atoms with Crippen molar-refractivity contribution in [3.63, 3.8) is 0 Å². The Morgan fingerprint density at radius 1 is 1.00 bits per heavy atom. The van der Waals surface area contributed by atoms with Gasteiger partial charge in [-0.1, -0.05) is 48.9 Å². The molecule has 1 atom stereocenters. The Labute approximate surface area is 211 Å². The van der Waals surface area contributed by atoms with Gasteiger partial charge in [-0.05, 0) is 54.8 Å². The second-order valence-corrected chi connectivity index (χ2v) is 10.8. The van der Waals surface area contributed by atoms with Gasteiger partial charge in [-0.15, -0.1) is 0 Å². The summed E-state index contributed by atoms with van der Waals surface area (Å²) in [5.74, 6) is 0.463. The highest BCUT2D eigenvalue weighted by Crippen LogP contribution is 2.24. The minimum Gasteiger partial charge on any atom is -0.355 e. The number of halogens is 1. The van der Waals surface area contributed by atoms with E-state index in [0.29, 0.717) is 49.7 Å². The monoisotopic (exact) mass is 512 g/mol. The van der Waals surface area contributed by atoms with Gasteiger partial charge in [-0.2, -0.15) is 4.31 Å². The molecular formula is C26H29ClN4O3S. The van der Waals surface area contributed by atoms with Crippen molar-refractivity contribution in [3.8, 4) is 0 Å². The Morgan fingerprint density at radius 3 is 2.40 bits per heavy atom. The molecule has 2 aromatic carbocycles. The van der Waals surface area contributed by atoms with E-state index in [1.807, 2.05) is 49.4 Å². The van der Waals surface area contributed by atoms with Crippen LogP contribution in [0.2, 0.25) is 5.02 Å². The van der Waals surface area contributed by atoms with Crippen molar-refractivity contribution in [1.29, 1.82) is 0 Å². The zero-order valence-electron chi connectivity index (χ0n) is 19.6. The number of benzene rings is 2. The number of anilines is 2. The number of carbonyl (C=O) groups excluding carboxylic acids is 1. The third-order valence-corrected chi connectivity index (χ3v) is 8.34. The Morgan fingerprint density at radius 2 is 1.74 bits per heavy atom. The second-order valence-electron chi connectivity index (χ2n) is 8.46. The fourth-order valence-electron chi connectivity index (χ4n) is 4.25. The summed E-state index contributed by atoms with van der Waals surface area (Å²) in [7, 11) is -3.58. The van der Waals surface area contributed by atoms with Crippen molar-refractivity contribution >= 4 is 39.0 Å². The normalized spacial score (nSPS) is 15.9. The second kappa shape index (κ2) is 11.2. The van der Waals surface area contributed by atoms with E-state index in [0.717, 1.165) is 11.4 Å². The van der Waals surface area contributed by atoms with Crippen LogP contribution in [0, 0.1) is 0 Å². The van der Waals surface area contributed by atoms with Crippen molar-refractivity contribution < 1.29 is 13.2 Å². The molecule has 35 heavy (non-hydrogen) atoms. The zero-order valence-corrected chi connectivity index (χ0v) is 21.2. The van der Waals surface area contributed by atoms with Crippen LogP contribution in [0.15, 0.2) is 77.8 Å². The molecule has 184 valence electrons. The van der Waals surface area contributed by atoms with Crippen molar-refractivity contribution in [1.82, 2.24) is 9.29 Å². The van der Waals surface area contributed by atoms with Crippen LogP contribution in [0.3, 0.4) is 0 Å². The number of aromatic nitrogens is 1. The lowest BCUT2D eigenvalue weighted by Gasteiger charge is -2.23. The molecule has 9 heteroatoms. The summed E-state index contributed by atoms with van der Waals surface area (Å²) in [6, 6.07) is 19.7. The highest BCUT2D eigenvalue weighted by atomic mass is 35.5. The molecule has 0 spiro atoms. The van der Waals surface area contributed by atoms with Crippen LogP contribution in [0.5, 0.6) is 0 Å². The van der Waals surface area contributed by atoms with Crippen LogP contribution in [-0.2, 0) is 14.8 Å². The van der Waals surface area contributed by atoms with Gasteiger partial charge in [0.2, 0.25) is 15.9 Å². The van der Waals surface area contributed by atoms with Gasteiger partial charge >= 0.3 is 0 Å². The third-order valence-electron chi connectivity index (χ3n) is 6.17. The van der Waals surface area contributed by atoms with Crippen LogP contribution >= 0.6 is 11.6 Å². The topological polar surface area (TPSA) is 82.6 Å².